The van der Waals surface area contributed by atoms with Crippen LogP contribution in [0, 0.1) is 5.92 Å². The fourth-order valence-electron chi connectivity index (χ4n) is 2.82. The van der Waals surface area contributed by atoms with E-state index in [0.29, 0.717) is 28.2 Å². The van der Waals surface area contributed by atoms with E-state index in [2.05, 4.69) is 24.6 Å². The van der Waals surface area contributed by atoms with E-state index in [0.717, 1.165) is 18.5 Å². The van der Waals surface area contributed by atoms with E-state index in [4.69, 9.17) is 4.74 Å². The lowest BCUT2D eigenvalue weighted by atomic mass is 10.3. The molecule has 1 fully saturated rings. The van der Waals surface area contributed by atoms with Crippen LogP contribution >= 0.6 is 11.5 Å². The van der Waals surface area contributed by atoms with Crippen LogP contribution in [0.2, 0.25) is 0 Å². The number of anilines is 3. The summed E-state index contributed by atoms with van der Waals surface area (Å²) in [6, 6.07) is 7.36. The highest BCUT2D eigenvalue weighted by atomic mass is 32.1. The van der Waals surface area contributed by atoms with Gasteiger partial charge in [-0.3, -0.25) is 4.79 Å². The zero-order chi connectivity index (χ0) is 20.4. The first-order valence-electron chi connectivity index (χ1n) is 9.47. The van der Waals surface area contributed by atoms with Gasteiger partial charge in [0.2, 0.25) is 11.0 Å². The summed E-state index contributed by atoms with van der Waals surface area (Å²) in [5, 5.41) is 3.76. The van der Waals surface area contributed by atoms with Crippen molar-refractivity contribution in [3.8, 4) is 17.3 Å². The minimum absolute atomic E-state index is 0.0911. The number of rotatable bonds is 7. The number of nitrogens with one attached hydrogen (secondary N) is 1. The Kier molecular flexibility index (Phi) is 5.39. The summed E-state index contributed by atoms with van der Waals surface area (Å²) in [6.45, 7) is 3.94. The quantitative estimate of drug-likeness (QED) is 0.631. The smallest absolute Gasteiger partial charge is 0.229 e. The second kappa shape index (κ2) is 8.12. The zero-order valence-corrected chi connectivity index (χ0v) is 17.3. The van der Waals surface area contributed by atoms with Crippen LogP contribution in [0.15, 0.2) is 36.7 Å². The average Bonchev–Trinajstić information content (AvgIpc) is 3.47. The van der Waals surface area contributed by atoms with Crippen LogP contribution in [0.1, 0.15) is 26.7 Å². The van der Waals surface area contributed by atoms with Crippen molar-refractivity contribution in [3.05, 3.63) is 36.7 Å². The summed E-state index contributed by atoms with van der Waals surface area (Å²) >= 11 is 1.21. The van der Waals surface area contributed by atoms with Crippen molar-refractivity contribution in [1.29, 1.82) is 0 Å². The van der Waals surface area contributed by atoms with E-state index in [1.807, 2.05) is 38.1 Å². The summed E-state index contributed by atoms with van der Waals surface area (Å²) in [7, 11) is 1.78. The molecule has 150 valence electrons. The average molecular weight is 411 g/mol. The molecular formula is C20H22N6O2S. The van der Waals surface area contributed by atoms with Crippen molar-refractivity contribution >= 4 is 34.1 Å². The lowest BCUT2D eigenvalue weighted by molar-refractivity contribution is -0.119. The molecule has 1 aliphatic carbocycles. The Bertz CT molecular complexity index is 1000. The minimum Gasteiger partial charge on any atom is -0.489 e. The second-order valence-corrected chi connectivity index (χ2v) is 7.89. The van der Waals surface area contributed by atoms with Crippen molar-refractivity contribution in [2.24, 2.45) is 5.92 Å². The van der Waals surface area contributed by atoms with Gasteiger partial charge in [-0.2, -0.15) is 9.36 Å². The molecule has 3 aromatic rings. The Morgan fingerprint density at radius 2 is 2.10 bits per heavy atom. The number of ether oxygens (including phenoxy) is 1. The van der Waals surface area contributed by atoms with Gasteiger partial charge in [-0.1, -0.05) is 0 Å². The Morgan fingerprint density at radius 3 is 2.79 bits per heavy atom. The van der Waals surface area contributed by atoms with Crippen LogP contribution in [0.25, 0.3) is 11.5 Å². The first-order chi connectivity index (χ1) is 14.0. The Hall–Kier alpha value is -3.07. The summed E-state index contributed by atoms with van der Waals surface area (Å²) in [5.74, 6) is 2.05. The number of hydrogen-bond acceptors (Lipinski definition) is 8. The van der Waals surface area contributed by atoms with Crippen molar-refractivity contribution in [2.45, 2.75) is 32.8 Å². The molecule has 9 heteroatoms. The van der Waals surface area contributed by atoms with E-state index in [1.54, 1.807) is 24.3 Å². The van der Waals surface area contributed by atoms with Gasteiger partial charge < -0.3 is 15.0 Å². The number of carbonyl (C=O) groups is 1. The van der Waals surface area contributed by atoms with Gasteiger partial charge in [-0.15, -0.1) is 0 Å². The van der Waals surface area contributed by atoms with E-state index < -0.39 is 0 Å². The van der Waals surface area contributed by atoms with Crippen LogP contribution in [0.5, 0.6) is 5.75 Å². The summed E-state index contributed by atoms with van der Waals surface area (Å²) in [6.07, 6.45) is 5.35. The van der Waals surface area contributed by atoms with E-state index >= 15 is 0 Å². The standard InChI is InChI=1S/C20H22N6O2S/c1-12(2)28-14-8-9-15(22-11-14)17-23-20(29-25-17)24-18-16(5-4-10-21-18)26(3)19(27)13-6-7-13/h4-5,8-13H,6-7H2,1-3H3,(H,21,23,24,25). The molecule has 0 saturated heterocycles. The first kappa shape index (κ1) is 19.3. The molecule has 1 N–H and O–H groups in total. The maximum absolute atomic E-state index is 12.4. The second-order valence-electron chi connectivity index (χ2n) is 7.14. The molecule has 1 saturated carbocycles. The van der Waals surface area contributed by atoms with Gasteiger partial charge in [0.25, 0.3) is 0 Å². The van der Waals surface area contributed by atoms with E-state index in [9.17, 15) is 4.79 Å². The van der Waals surface area contributed by atoms with Crippen molar-refractivity contribution in [3.63, 3.8) is 0 Å². The fraction of sp³-hybridized carbons (Fsp3) is 0.350. The molecule has 3 aromatic heterocycles. The third kappa shape index (κ3) is 4.51. The zero-order valence-electron chi connectivity index (χ0n) is 16.5. The van der Waals surface area contributed by atoms with Gasteiger partial charge in [-0.05, 0) is 51.0 Å². The molecule has 8 nitrogen and oxygen atoms in total. The van der Waals surface area contributed by atoms with Gasteiger partial charge >= 0.3 is 0 Å². The van der Waals surface area contributed by atoms with Gasteiger partial charge in [0.05, 0.1) is 18.0 Å². The molecular weight excluding hydrogens is 388 g/mol. The van der Waals surface area contributed by atoms with Gasteiger partial charge in [0, 0.05) is 30.7 Å². The molecule has 0 aliphatic heterocycles. The fourth-order valence-corrected chi connectivity index (χ4v) is 3.40. The van der Waals surface area contributed by atoms with Crippen molar-refractivity contribution in [2.75, 3.05) is 17.3 Å². The maximum Gasteiger partial charge on any atom is 0.229 e. The molecule has 0 aromatic carbocycles. The van der Waals surface area contributed by atoms with Gasteiger partial charge in [-0.25, -0.2) is 9.97 Å². The number of carbonyl (C=O) groups excluding carboxylic acids is 1. The largest absolute Gasteiger partial charge is 0.489 e. The molecule has 1 aliphatic rings. The first-order valence-corrected chi connectivity index (χ1v) is 10.2. The molecule has 29 heavy (non-hydrogen) atoms. The molecule has 0 unspecified atom stereocenters. The highest BCUT2D eigenvalue weighted by molar-refractivity contribution is 7.09. The van der Waals surface area contributed by atoms with Crippen LogP contribution in [-0.2, 0) is 4.79 Å². The van der Waals surface area contributed by atoms with E-state index in [1.165, 1.54) is 11.5 Å². The maximum atomic E-state index is 12.4. The number of amides is 1. The van der Waals surface area contributed by atoms with Crippen LogP contribution in [0.3, 0.4) is 0 Å². The predicted octanol–water partition coefficient (Wildman–Crippen LogP) is 3.90. The van der Waals surface area contributed by atoms with Gasteiger partial charge in [0.1, 0.15) is 11.4 Å². The summed E-state index contributed by atoms with van der Waals surface area (Å²) < 4.78 is 9.99. The van der Waals surface area contributed by atoms with Gasteiger partial charge in [0.15, 0.2) is 11.6 Å². The topological polar surface area (TPSA) is 93.1 Å². The van der Waals surface area contributed by atoms with Crippen LogP contribution < -0.4 is 15.0 Å². The lowest BCUT2D eigenvalue weighted by Gasteiger charge is -2.19. The third-order valence-corrected chi connectivity index (χ3v) is 5.02. The van der Waals surface area contributed by atoms with Crippen molar-refractivity contribution in [1.82, 2.24) is 19.3 Å². The normalized spacial score (nSPS) is 13.4. The monoisotopic (exact) mass is 410 g/mol. The number of hydrogen-bond donors (Lipinski definition) is 1. The van der Waals surface area contributed by atoms with Crippen LogP contribution in [-0.4, -0.2) is 38.4 Å². The predicted molar refractivity (Wildman–Crippen MR) is 113 cm³/mol. The number of aromatic nitrogens is 4. The van der Waals surface area contributed by atoms with Crippen molar-refractivity contribution < 1.29 is 9.53 Å². The molecule has 0 bridgehead atoms. The molecule has 1 amide bonds. The third-order valence-electron chi connectivity index (χ3n) is 4.39. The number of nitrogens with zero attached hydrogens (tertiary/aromatic N) is 5. The number of pyridine rings is 2. The SMILES string of the molecule is CC(C)Oc1ccc(-c2nsc(Nc3ncccc3N(C)C(=O)C3CC3)n2)nc1. The van der Waals surface area contributed by atoms with E-state index in [-0.39, 0.29) is 17.9 Å². The highest BCUT2D eigenvalue weighted by Gasteiger charge is 2.33. The summed E-state index contributed by atoms with van der Waals surface area (Å²) in [4.78, 5) is 27.3. The molecule has 0 radical (unpaired) electrons. The molecule has 0 atom stereocenters. The molecule has 4 rings (SSSR count). The molecule has 0 spiro atoms. The lowest BCUT2D eigenvalue weighted by Crippen LogP contribution is -2.28. The molecule has 3 heterocycles. The minimum atomic E-state index is 0.0911. The Morgan fingerprint density at radius 1 is 1.28 bits per heavy atom. The highest BCUT2D eigenvalue weighted by Crippen LogP contribution is 2.34. The van der Waals surface area contributed by atoms with Crippen LogP contribution in [0.4, 0.5) is 16.6 Å². The Labute approximate surface area is 173 Å². The Balaban J connectivity index is 1.50. The summed E-state index contributed by atoms with van der Waals surface area (Å²) in [5.41, 5.74) is 1.38.